The Morgan fingerprint density at radius 3 is 2.10 bits per heavy atom. The van der Waals surface area contributed by atoms with Crippen LogP contribution in [0.4, 0.5) is 0 Å². The van der Waals surface area contributed by atoms with E-state index in [0.717, 1.165) is 0 Å². The molecule has 0 atom stereocenters. The molecule has 2 rings (SSSR count). The molecule has 0 aliphatic heterocycles. The maximum atomic E-state index is 12.5. The zero-order valence-electron chi connectivity index (χ0n) is 9.49. The summed E-state index contributed by atoms with van der Waals surface area (Å²) in [6.07, 6.45) is 0. The van der Waals surface area contributed by atoms with Gasteiger partial charge in [-0.1, -0.05) is 58.0 Å². The van der Waals surface area contributed by atoms with Crippen LogP contribution in [0.15, 0.2) is 28.7 Å². The standard InChI is InChI=1S/C13H4BrCl5O/c14-6-3-5(1-2-7(6)15)13(20)10-8(16)4-9(17)11(18)12(10)19/h1-4H. The van der Waals surface area contributed by atoms with Crippen LogP contribution in [0.1, 0.15) is 15.9 Å². The van der Waals surface area contributed by atoms with Gasteiger partial charge in [0.15, 0.2) is 5.78 Å². The first-order valence-electron chi connectivity index (χ1n) is 5.15. The molecule has 2 aromatic rings. The van der Waals surface area contributed by atoms with Crippen molar-refractivity contribution in [1.82, 2.24) is 0 Å². The zero-order valence-corrected chi connectivity index (χ0v) is 14.9. The minimum absolute atomic E-state index is 0.0280. The van der Waals surface area contributed by atoms with E-state index in [1.54, 1.807) is 18.2 Å². The Labute approximate surface area is 148 Å². The molecule has 0 saturated carbocycles. The third-order valence-corrected chi connectivity index (χ3v) is 5.30. The van der Waals surface area contributed by atoms with E-state index < -0.39 is 0 Å². The van der Waals surface area contributed by atoms with Crippen LogP contribution in [-0.2, 0) is 0 Å². The molecule has 0 spiro atoms. The smallest absolute Gasteiger partial charge is 0.196 e. The van der Waals surface area contributed by atoms with Gasteiger partial charge in [0, 0.05) is 10.0 Å². The van der Waals surface area contributed by atoms with Crippen molar-refractivity contribution in [3.05, 3.63) is 65.0 Å². The summed E-state index contributed by atoms with van der Waals surface area (Å²) < 4.78 is 0.595. The van der Waals surface area contributed by atoms with Gasteiger partial charge in [0.25, 0.3) is 0 Å². The van der Waals surface area contributed by atoms with Crippen LogP contribution in [0.2, 0.25) is 25.1 Å². The van der Waals surface area contributed by atoms with Crippen molar-refractivity contribution in [2.75, 3.05) is 0 Å². The van der Waals surface area contributed by atoms with Crippen molar-refractivity contribution in [3.63, 3.8) is 0 Å². The third-order valence-electron chi connectivity index (χ3n) is 2.52. The molecule has 0 aliphatic carbocycles. The van der Waals surface area contributed by atoms with Gasteiger partial charge in [-0.15, -0.1) is 0 Å². The molecule has 0 bridgehead atoms. The fourth-order valence-electron chi connectivity index (χ4n) is 1.56. The Bertz CT molecular complexity index is 714. The Morgan fingerprint density at radius 1 is 0.850 bits per heavy atom. The lowest BCUT2D eigenvalue weighted by atomic mass is 10.0. The minimum Gasteiger partial charge on any atom is -0.288 e. The predicted octanol–water partition coefficient (Wildman–Crippen LogP) is 6.95. The van der Waals surface area contributed by atoms with Gasteiger partial charge in [-0.25, -0.2) is 0 Å². The predicted molar refractivity (Wildman–Crippen MR) is 89.1 cm³/mol. The molecule has 0 radical (unpaired) electrons. The van der Waals surface area contributed by atoms with E-state index >= 15 is 0 Å². The summed E-state index contributed by atoms with van der Waals surface area (Å²) in [5.74, 6) is -0.365. The van der Waals surface area contributed by atoms with Crippen LogP contribution in [0.25, 0.3) is 0 Å². The van der Waals surface area contributed by atoms with Crippen molar-refractivity contribution in [2.24, 2.45) is 0 Å². The van der Waals surface area contributed by atoms with E-state index in [9.17, 15) is 4.79 Å². The number of halogens is 6. The largest absolute Gasteiger partial charge is 0.288 e. The van der Waals surface area contributed by atoms with Gasteiger partial charge in [-0.05, 0) is 40.2 Å². The average molecular weight is 433 g/mol. The molecule has 0 saturated heterocycles. The van der Waals surface area contributed by atoms with Gasteiger partial charge in [0.1, 0.15) is 0 Å². The van der Waals surface area contributed by atoms with E-state index in [1.165, 1.54) is 6.07 Å². The summed E-state index contributed by atoms with van der Waals surface area (Å²) in [6.45, 7) is 0. The Kier molecular flexibility index (Phi) is 5.28. The van der Waals surface area contributed by atoms with Gasteiger partial charge >= 0.3 is 0 Å². The second-order valence-electron chi connectivity index (χ2n) is 3.80. The molecular formula is C13H4BrCl5O. The molecule has 2 aromatic carbocycles. The maximum Gasteiger partial charge on any atom is 0.196 e. The lowest BCUT2D eigenvalue weighted by Crippen LogP contribution is -2.04. The van der Waals surface area contributed by atoms with Gasteiger partial charge in [0.05, 0.1) is 30.7 Å². The molecule has 1 nitrogen and oxygen atoms in total. The molecule has 0 fully saturated rings. The maximum absolute atomic E-state index is 12.5. The van der Waals surface area contributed by atoms with Crippen molar-refractivity contribution < 1.29 is 4.79 Å². The number of carbonyl (C=O) groups excluding carboxylic acids is 1. The SMILES string of the molecule is O=C(c1ccc(Cl)c(Br)c1)c1c(Cl)cc(Cl)c(Cl)c1Cl. The molecule has 0 unspecified atom stereocenters. The third kappa shape index (κ3) is 3.11. The highest BCUT2D eigenvalue weighted by Crippen LogP contribution is 2.38. The van der Waals surface area contributed by atoms with Gasteiger partial charge < -0.3 is 0 Å². The molecule has 0 aliphatic rings. The summed E-state index contributed by atoms with van der Waals surface area (Å²) in [6, 6.07) is 6.14. The second kappa shape index (κ2) is 6.43. The first-order valence-corrected chi connectivity index (χ1v) is 7.84. The highest BCUT2D eigenvalue weighted by Gasteiger charge is 2.21. The molecule has 0 aromatic heterocycles. The molecule has 20 heavy (non-hydrogen) atoms. The first-order chi connectivity index (χ1) is 9.32. The monoisotopic (exact) mass is 430 g/mol. The molecule has 7 heteroatoms. The highest BCUT2D eigenvalue weighted by molar-refractivity contribution is 9.10. The molecular weight excluding hydrogens is 429 g/mol. The molecule has 0 heterocycles. The number of hydrogen-bond acceptors (Lipinski definition) is 1. The lowest BCUT2D eigenvalue weighted by molar-refractivity contribution is 0.103. The molecule has 104 valence electrons. The Balaban J connectivity index is 2.59. The lowest BCUT2D eigenvalue weighted by Gasteiger charge is -2.10. The highest BCUT2D eigenvalue weighted by atomic mass is 79.9. The quantitative estimate of drug-likeness (QED) is 0.285. The van der Waals surface area contributed by atoms with Gasteiger partial charge in [-0.2, -0.15) is 0 Å². The van der Waals surface area contributed by atoms with Gasteiger partial charge in [0.2, 0.25) is 0 Å². The summed E-state index contributed by atoms with van der Waals surface area (Å²) >= 11 is 33.0. The first kappa shape index (κ1) is 16.4. The normalized spacial score (nSPS) is 10.7. The van der Waals surface area contributed by atoms with Crippen LogP contribution < -0.4 is 0 Å². The summed E-state index contributed by atoms with van der Waals surface area (Å²) in [4.78, 5) is 12.5. The number of rotatable bonds is 2. The zero-order chi connectivity index (χ0) is 15.0. The fourth-order valence-corrected chi connectivity index (χ4v) is 3.14. The van der Waals surface area contributed by atoms with Crippen LogP contribution in [-0.4, -0.2) is 5.78 Å². The molecule has 0 N–H and O–H groups in total. The number of carbonyl (C=O) groups is 1. The van der Waals surface area contributed by atoms with E-state index in [-0.39, 0.29) is 31.4 Å². The van der Waals surface area contributed by atoms with Crippen molar-refractivity contribution >= 4 is 79.7 Å². The fraction of sp³-hybridized carbons (Fsp3) is 0. The van der Waals surface area contributed by atoms with E-state index in [0.29, 0.717) is 15.1 Å². The number of hydrogen-bond donors (Lipinski definition) is 0. The minimum atomic E-state index is -0.365. The van der Waals surface area contributed by atoms with E-state index in [2.05, 4.69) is 15.9 Å². The van der Waals surface area contributed by atoms with Crippen molar-refractivity contribution in [3.8, 4) is 0 Å². The topological polar surface area (TPSA) is 17.1 Å². The number of ketones is 1. The van der Waals surface area contributed by atoms with E-state index in [4.69, 9.17) is 58.0 Å². The number of benzene rings is 2. The molecule has 0 amide bonds. The van der Waals surface area contributed by atoms with Crippen LogP contribution in [0, 0.1) is 0 Å². The summed E-state index contributed by atoms with van der Waals surface area (Å²) in [5.41, 5.74) is 0.486. The average Bonchev–Trinajstić information content (AvgIpc) is 2.39. The van der Waals surface area contributed by atoms with Crippen LogP contribution in [0.3, 0.4) is 0 Å². The van der Waals surface area contributed by atoms with Crippen molar-refractivity contribution in [2.45, 2.75) is 0 Å². The summed E-state index contributed by atoms with van der Waals surface area (Å²) in [7, 11) is 0. The Hall–Kier alpha value is 0.0400. The van der Waals surface area contributed by atoms with Crippen LogP contribution >= 0.6 is 73.9 Å². The Morgan fingerprint density at radius 2 is 1.50 bits per heavy atom. The second-order valence-corrected chi connectivity index (χ2v) is 6.63. The van der Waals surface area contributed by atoms with E-state index in [1.807, 2.05) is 0 Å². The van der Waals surface area contributed by atoms with Crippen LogP contribution in [0.5, 0.6) is 0 Å². The summed E-state index contributed by atoms with van der Waals surface area (Å²) in [5, 5.41) is 0.943. The van der Waals surface area contributed by atoms with Crippen molar-refractivity contribution in [1.29, 1.82) is 0 Å². The van der Waals surface area contributed by atoms with Gasteiger partial charge in [-0.3, -0.25) is 4.79 Å².